The number of carbonyl (C=O) groups excluding carboxylic acids is 12. The van der Waals surface area contributed by atoms with E-state index in [1.54, 1.807) is 25.7 Å². The molecule has 0 radical (unpaired) electrons. The number of nitrogens with zero attached hydrogens (tertiary/aromatic N) is 9. The number of hydrogen-bond donors (Lipinski definition) is 3. The summed E-state index contributed by atoms with van der Waals surface area (Å²) in [7, 11) is 8.61. The summed E-state index contributed by atoms with van der Waals surface area (Å²) >= 11 is 6.41. The number of nitrogens with one attached hydrogen (secondary N) is 3. The molecule has 102 heavy (non-hydrogen) atoms. The van der Waals surface area contributed by atoms with Crippen LogP contribution in [0.2, 0.25) is 0 Å². The lowest BCUT2D eigenvalue weighted by Crippen LogP contribution is -2.65. The van der Waals surface area contributed by atoms with Gasteiger partial charge in [-0.2, -0.15) is 13.2 Å². The molecule has 4 saturated carbocycles. The molecule has 0 aromatic heterocycles. The average Bonchev–Trinajstić information content (AvgIpc) is 1.73. The van der Waals surface area contributed by atoms with Crippen LogP contribution in [0.1, 0.15) is 202 Å². The van der Waals surface area contributed by atoms with Gasteiger partial charge in [0, 0.05) is 73.8 Å². The maximum absolute atomic E-state index is 15.5. The van der Waals surface area contributed by atoms with Crippen LogP contribution < -0.4 is 16.0 Å². The monoisotopic (exact) mass is 1460 g/mol. The number of piperidine rings is 1. The highest BCUT2D eigenvalue weighted by Crippen LogP contribution is 2.44. The quantitative estimate of drug-likeness (QED) is 0.201. The molecule has 0 aromatic rings. The van der Waals surface area contributed by atoms with E-state index in [0.717, 1.165) is 57.8 Å². The Kier molecular flexibility index (Phi) is 28.4. The summed E-state index contributed by atoms with van der Waals surface area (Å²) in [6.45, 7) is 8.67. The SMILES string of the molecule is CC[C@H](C)[C@@H]1NC(=O)[C@H](COC2CCC2)N(C)C(=O)C[C@@H](C(=O)N2CCCCC2)N(C)C(=O)[C@H](C(C)C)N(C)C(=O)C2(CCCC2)NC(=O)[C@@H]2CCCN2C(=O)[C@H](CCC2CCC(C(F)(F)F)C(Cl)C2)NC(=O)CN(C)C(=O)[C@H](CC2CCCCC2)N(C)C(=O)[C@@H]2CCN2C(=O)[C@H](C)N(C)C1=O. The summed E-state index contributed by atoms with van der Waals surface area (Å²) in [4.78, 5) is 192. The van der Waals surface area contributed by atoms with Crippen molar-refractivity contribution < 1.29 is 75.4 Å². The number of likely N-dealkylation sites (tertiary alicyclic amines) is 1. The molecule has 8 rings (SSSR count). The Morgan fingerprint density at radius 3 is 1.84 bits per heavy atom. The molecule has 4 aliphatic carbocycles. The second kappa shape index (κ2) is 35.6. The van der Waals surface area contributed by atoms with E-state index in [2.05, 4.69) is 16.0 Å². The molecule has 574 valence electrons. The number of carbonyl (C=O) groups is 12. The first kappa shape index (κ1) is 81.4. The molecular formula is C73H116ClF3N12O13. The van der Waals surface area contributed by atoms with Gasteiger partial charge in [0.2, 0.25) is 70.9 Å². The Morgan fingerprint density at radius 1 is 0.608 bits per heavy atom. The standard InChI is InChI=1S/C73H116ClF3N12O13/c1-12-45(4)60-69(99)82(7)46(5)64(94)89-38-32-54(89)67(97)84(9)55(40-47-23-15-13-16-24-47)66(96)81(6)42-58(90)78-52(31-29-48-28-30-50(51(74)39-48)73(75,76)77)65(95)88-37-22-27-53(88)63(93)80-72(33-17-18-34-72)71(101)86(11)61(44(2)3)70(100)85(10)56(68(98)87-35-19-14-20-36-87)41-59(91)83(8)57(62(92)79-60)43-102-49-25-21-26-49/h44-57,60-61H,12-43H2,1-11H3,(H,78,90)(H,79,92)(H,80,93)/t45-,46-,48?,50?,51?,52-,53-,54-,55-,56-,57-,60-,61-/m0/s1. The van der Waals surface area contributed by atoms with Crippen LogP contribution in [0.4, 0.5) is 13.2 Å². The second-order valence-electron chi connectivity index (χ2n) is 31.3. The zero-order valence-corrected chi connectivity index (χ0v) is 63.0. The fourth-order valence-electron chi connectivity index (χ4n) is 16.7. The van der Waals surface area contributed by atoms with Gasteiger partial charge in [-0.25, -0.2) is 0 Å². The lowest BCUT2D eigenvalue weighted by molar-refractivity contribution is -0.182. The van der Waals surface area contributed by atoms with Crippen LogP contribution >= 0.6 is 11.6 Å². The predicted octanol–water partition coefficient (Wildman–Crippen LogP) is 5.61. The van der Waals surface area contributed by atoms with Crippen molar-refractivity contribution in [2.45, 2.75) is 279 Å². The van der Waals surface area contributed by atoms with Crippen LogP contribution in [0, 0.1) is 29.6 Å². The lowest BCUT2D eigenvalue weighted by Gasteiger charge is -2.45. The van der Waals surface area contributed by atoms with E-state index in [4.69, 9.17) is 16.3 Å². The number of alkyl halides is 4. The molecule has 1 spiro atoms. The molecule has 4 saturated heterocycles. The molecule has 8 fully saturated rings. The summed E-state index contributed by atoms with van der Waals surface area (Å²) in [5, 5.41) is 7.59. The van der Waals surface area contributed by atoms with Gasteiger partial charge in [-0.3, -0.25) is 57.5 Å². The normalized spacial score (nSPS) is 31.4. The molecule has 4 aliphatic heterocycles. The van der Waals surface area contributed by atoms with Gasteiger partial charge in [0.25, 0.3) is 0 Å². The van der Waals surface area contributed by atoms with Crippen molar-refractivity contribution in [1.82, 2.24) is 60.0 Å². The van der Waals surface area contributed by atoms with E-state index in [0.29, 0.717) is 51.6 Å². The van der Waals surface area contributed by atoms with Crippen LogP contribution in [0.3, 0.4) is 0 Å². The fraction of sp³-hybridized carbons (Fsp3) is 0.836. The average molecular weight is 1460 g/mol. The van der Waals surface area contributed by atoms with Crippen LogP contribution in [0.5, 0.6) is 0 Å². The molecule has 4 heterocycles. The molecule has 13 atom stereocenters. The van der Waals surface area contributed by atoms with E-state index >= 15 is 38.4 Å². The van der Waals surface area contributed by atoms with Gasteiger partial charge in [-0.05, 0) is 140 Å². The fourth-order valence-corrected chi connectivity index (χ4v) is 17.2. The first-order valence-corrected chi connectivity index (χ1v) is 38.4. The summed E-state index contributed by atoms with van der Waals surface area (Å²) in [5.74, 6) is -10.8. The Bertz CT molecular complexity index is 3020. The summed E-state index contributed by atoms with van der Waals surface area (Å²) in [5.41, 5.74) is -1.57. The molecule has 3 N–H and O–H groups in total. The highest BCUT2D eigenvalue weighted by Gasteiger charge is 2.53. The molecule has 0 aromatic carbocycles. The van der Waals surface area contributed by atoms with Gasteiger partial charge < -0.3 is 64.8 Å². The molecule has 3 unspecified atom stereocenters. The van der Waals surface area contributed by atoms with Crippen molar-refractivity contribution in [3.8, 4) is 0 Å². The van der Waals surface area contributed by atoms with Crippen LogP contribution in [0.15, 0.2) is 0 Å². The van der Waals surface area contributed by atoms with Gasteiger partial charge in [-0.15, -0.1) is 11.6 Å². The number of halogens is 4. The van der Waals surface area contributed by atoms with E-state index in [9.17, 15) is 32.3 Å². The maximum Gasteiger partial charge on any atom is 0.393 e. The molecule has 25 nitrogen and oxygen atoms in total. The molecule has 29 heteroatoms. The number of fused-ring (bicyclic) bond motifs is 2. The summed E-state index contributed by atoms with van der Waals surface area (Å²) in [6.07, 6.45) is 6.43. The van der Waals surface area contributed by atoms with E-state index in [-0.39, 0.29) is 102 Å². The second-order valence-corrected chi connectivity index (χ2v) is 31.9. The molecule has 0 bridgehead atoms. The number of amides is 12. The minimum absolute atomic E-state index is 0.00103. The Hall–Kier alpha value is -6.32. The third-order valence-corrected chi connectivity index (χ3v) is 24.6. The van der Waals surface area contributed by atoms with Gasteiger partial charge in [0.15, 0.2) is 0 Å². The predicted molar refractivity (Wildman–Crippen MR) is 374 cm³/mol. The molecular weight excluding hydrogens is 1350 g/mol. The van der Waals surface area contributed by atoms with Crippen LogP contribution in [-0.4, -0.2) is 274 Å². The molecule has 8 aliphatic rings. The van der Waals surface area contributed by atoms with Gasteiger partial charge in [-0.1, -0.05) is 79.1 Å². The van der Waals surface area contributed by atoms with E-state index < -0.39 is 173 Å². The van der Waals surface area contributed by atoms with Crippen LogP contribution in [-0.2, 0) is 62.3 Å². The smallest absolute Gasteiger partial charge is 0.376 e. The van der Waals surface area contributed by atoms with Crippen molar-refractivity contribution in [1.29, 1.82) is 0 Å². The first-order valence-electron chi connectivity index (χ1n) is 37.9. The third kappa shape index (κ3) is 19.0. The van der Waals surface area contributed by atoms with Crippen LogP contribution in [0.25, 0.3) is 0 Å². The third-order valence-electron chi connectivity index (χ3n) is 24.1. The number of hydrogen-bond acceptors (Lipinski definition) is 13. The lowest BCUT2D eigenvalue weighted by atomic mass is 9.78. The maximum atomic E-state index is 15.5. The first-order chi connectivity index (χ1) is 48.2. The number of ether oxygens (including phenoxy) is 1. The van der Waals surface area contributed by atoms with Gasteiger partial charge >= 0.3 is 6.18 Å². The molecule has 12 amide bonds. The number of rotatable bonds is 12. The Morgan fingerprint density at radius 2 is 1.25 bits per heavy atom. The number of likely N-dealkylation sites (N-methyl/N-ethyl adjacent to an activating group) is 6. The Labute approximate surface area is 605 Å². The van der Waals surface area contributed by atoms with Crippen molar-refractivity contribution in [2.75, 3.05) is 81.6 Å². The zero-order chi connectivity index (χ0) is 74.8. The largest absolute Gasteiger partial charge is 0.393 e. The minimum atomic E-state index is -4.51. The summed E-state index contributed by atoms with van der Waals surface area (Å²) in [6, 6.07) is -11.1. The topological polar surface area (TPSA) is 279 Å². The van der Waals surface area contributed by atoms with Crippen molar-refractivity contribution in [3.63, 3.8) is 0 Å². The van der Waals surface area contributed by atoms with Crippen molar-refractivity contribution >= 4 is 82.5 Å². The Balaban J connectivity index is 1.16. The van der Waals surface area contributed by atoms with E-state index in [1.165, 1.54) is 88.4 Å². The van der Waals surface area contributed by atoms with Gasteiger partial charge in [0.1, 0.15) is 59.9 Å². The van der Waals surface area contributed by atoms with E-state index in [1.807, 2.05) is 6.92 Å². The van der Waals surface area contributed by atoms with Crippen molar-refractivity contribution in [2.24, 2.45) is 29.6 Å². The summed E-state index contributed by atoms with van der Waals surface area (Å²) < 4.78 is 48.3. The van der Waals surface area contributed by atoms with Gasteiger partial charge in [0.05, 0.1) is 31.6 Å². The highest BCUT2D eigenvalue weighted by molar-refractivity contribution is 6.21. The van der Waals surface area contributed by atoms with Crippen molar-refractivity contribution in [3.05, 3.63) is 0 Å². The highest BCUT2D eigenvalue weighted by atomic mass is 35.5. The zero-order valence-electron chi connectivity index (χ0n) is 62.2. The minimum Gasteiger partial charge on any atom is -0.376 e.